The number of carbonyl (C=O) groups excluding carboxylic acids is 1. The quantitative estimate of drug-likeness (QED) is 0.752. The Bertz CT molecular complexity index is 400. The van der Waals surface area contributed by atoms with Crippen LogP contribution in [0.25, 0.3) is 0 Å². The second kappa shape index (κ2) is 4.49. The van der Waals surface area contributed by atoms with Crippen LogP contribution in [0.2, 0.25) is 0 Å². The second-order valence-corrected chi connectivity index (χ2v) is 5.26. The molecule has 5 nitrogen and oxygen atoms in total. The maximum absolute atomic E-state index is 11.7. The predicted octanol–water partition coefficient (Wildman–Crippen LogP) is 2.17. The molecule has 17 heavy (non-hydrogen) atoms. The molecule has 0 radical (unpaired) electrons. The first-order chi connectivity index (χ1) is 7.96. The lowest BCUT2D eigenvalue weighted by Gasteiger charge is -2.18. The van der Waals surface area contributed by atoms with E-state index in [2.05, 4.69) is 5.10 Å². The van der Waals surface area contributed by atoms with E-state index in [1.807, 2.05) is 20.8 Å². The lowest BCUT2D eigenvalue weighted by Crippen LogP contribution is -2.27. The molecule has 1 saturated heterocycles. The van der Waals surface area contributed by atoms with Crippen LogP contribution in [0.15, 0.2) is 12.4 Å². The Kier molecular flexibility index (Phi) is 3.19. The molecular weight excluding hydrogens is 220 g/mol. The lowest BCUT2D eigenvalue weighted by atomic mass is 10.0. The van der Waals surface area contributed by atoms with Gasteiger partial charge in [0, 0.05) is 18.7 Å². The van der Waals surface area contributed by atoms with Crippen molar-refractivity contribution in [2.45, 2.75) is 38.7 Å². The molecule has 1 atom stereocenters. The fraction of sp³-hybridized carbons (Fsp3) is 0.667. The molecule has 1 aliphatic heterocycles. The maximum atomic E-state index is 11.7. The molecule has 0 amide bonds. The highest BCUT2D eigenvalue weighted by Gasteiger charge is 2.22. The highest BCUT2D eigenvalue weighted by atomic mass is 16.6. The number of ether oxygens (including phenoxy) is 2. The van der Waals surface area contributed by atoms with Gasteiger partial charge in [-0.05, 0) is 32.8 Å². The minimum Gasteiger partial charge on any atom is -0.442 e. The van der Waals surface area contributed by atoms with Gasteiger partial charge in [-0.1, -0.05) is 0 Å². The van der Waals surface area contributed by atoms with Gasteiger partial charge in [0.25, 0.3) is 0 Å². The van der Waals surface area contributed by atoms with Gasteiger partial charge < -0.3 is 9.47 Å². The van der Waals surface area contributed by atoms with Crippen LogP contribution in [0.4, 0.5) is 4.79 Å². The Morgan fingerprint density at radius 1 is 1.59 bits per heavy atom. The summed E-state index contributed by atoms with van der Waals surface area (Å²) in [5.74, 6) is 0.353. The van der Waals surface area contributed by atoms with Crippen molar-refractivity contribution in [2.24, 2.45) is 0 Å². The first kappa shape index (κ1) is 12.1. The Balaban J connectivity index is 2.04. The summed E-state index contributed by atoms with van der Waals surface area (Å²) < 4.78 is 11.8. The summed E-state index contributed by atoms with van der Waals surface area (Å²) in [6.45, 7) is 6.99. The van der Waals surface area contributed by atoms with Crippen LogP contribution < -0.4 is 0 Å². The highest BCUT2D eigenvalue weighted by molar-refractivity contribution is 5.69. The number of hydrogen-bond acceptors (Lipinski definition) is 4. The fourth-order valence-corrected chi connectivity index (χ4v) is 1.75. The third-order valence-corrected chi connectivity index (χ3v) is 2.58. The molecule has 1 aromatic heterocycles. The number of nitrogens with zero attached hydrogens (tertiary/aromatic N) is 2. The standard InChI is InChI=1S/C12H18N2O3/c1-12(2,3)17-11(15)14-7-10(6-13-14)9-4-5-16-8-9/h6-7,9H,4-5,8H2,1-3H3. The largest absolute Gasteiger partial charge is 0.442 e. The molecule has 2 rings (SSSR count). The van der Waals surface area contributed by atoms with Gasteiger partial charge in [-0.15, -0.1) is 0 Å². The second-order valence-electron chi connectivity index (χ2n) is 5.26. The third kappa shape index (κ3) is 3.06. The van der Waals surface area contributed by atoms with Crippen molar-refractivity contribution in [3.63, 3.8) is 0 Å². The van der Waals surface area contributed by atoms with Gasteiger partial charge in [-0.25, -0.2) is 4.79 Å². The fourth-order valence-electron chi connectivity index (χ4n) is 1.75. The van der Waals surface area contributed by atoms with Crippen molar-refractivity contribution in [3.8, 4) is 0 Å². The summed E-state index contributed by atoms with van der Waals surface area (Å²) in [5.41, 5.74) is 0.535. The first-order valence-corrected chi connectivity index (χ1v) is 5.81. The van der Waals surface area contributed by atoms with Gasteiger partial charge in [0.1, 0.15) is 5.60 Å². The minimum atomic E-state index is -0.500. The molecule has 0 spiro atoms. The van der Waals surface area contributed by atoms with Crippen molar-refractivity contribution < 1.29 is 14.3 Å². The Morgan fingerprint density at radius 3 is 2.94 bits per heavy atom. The van der Waals surface area contributed by atoms with E-state index in [0.29, 0.717) is 12.5 Å². The summed E-state index contributed by atoms with van der Waals surface area (Å²) in [4.78, 5) is 11.7. The van der Waals surface area contributed by atoms with Gasteiger partial charge >= 0.3 is 6.09 Å². The first-order valence-electron chi connectivity index (χ1n) is 5.81. The van der Waals surface area contributed by atoms with Gasteiger partial charge in [0.15, 0.2) is 0 Å². The summed E-state index contributed by atoms with van der Waals surface area (Å²) >= 11 is 0. The molecular formula is C12H18N2O3. The molecule has 1 aromatic rings. The van der Waals surface area contributed by atoms with E-state index >= 15 is 0 Å². The normalized spacial score (nSPS) is 20.5. The molecule has 0 bridgehead atoms. The Hall–Kier alpha value is -1.36. The van der Waals surface area contributed by atoms with Crippen LogP contribution >= 0.6 is 0 Å². The molecule has 0 aromatic carbocycles. The molecule has 0 N–H and O–H groups in total. The van der Waals surface area contributed by atoms with Gasteiger partial charge in [-0.2, -0.15) is 9.78 Å². The predicted molar refractivity (Wildman–Crippen MR) is 62.0 cm³/mol. The Labute approximate surface area is 101 Å². The van der Waals surface area contributed by atoms with E-state index in [9.17, 15) is 4.79 Å². The topological polar surface area (TPSA) is 53.4 Å². The minimum absolute atomic E-state index is 0.353. The van der Waals surface area contributed by atoms with Crippen LogP contribution in [0.5, 0.6) is 0 Å². The maximum Gasteiger partial charge on any atom is 0.435 e. The third-order valence-electron chi connectivity index (χ3n) is 2.58. The summed E-state index contributed by atoms with van der Waals surface area (Å²) in [6, 6.07) is 0. The molecule has 5 heteroatoms. The van der Waals surface area contributed by atoms with Crippen LogP contribution in [0.3, 0.4) is 0 Å². The Morgan fingerprint density at radius 2 is 2.35 bits per heavy atom. The number of hydrogen-bond donors (Lipinski definition) is 0. The van der Waals surface area contributed by atoms with E-state index in [-0.39, 0.29) is 0 Å². The van der Waals surface area contributed by atoms with Gasteiger partial charge in [0.2, 0.25) is 0 Å². The number of carbonyl (C=O) groups is 1. The number of aromatic nitrogens is 2. The molecule has 0 aliphatic carbocycles. The van der Waals surface area contributed by atoms with Crippen LogP contribution in [-0.2, 0) is 9.47 Å². The van der Waals surface area contributed by atoms with Gasteiger partial charge in [0.05, 0.1) is 12.8 Å². The number of rotatable bonds is 1. The average Bonchev–Trinajstić information content (AvgIpc) is 2.86. The van der Waals surface area contributed by atoms with E-state index in [0.717, 1.165) is 18.6 Å². The van der Waals surface area contributed by atoms with E-state index in [1.54, 1.807) is 12.4 Å². The van der Waals surface area contributed by atoms with Crippen molar-refractivity contribution in [3.05, 3.63) is 18.0 Å². The van der Waals surface area contributed by atoms with Crippen molar-refractivity contribution in [1.29, 1.82) is 0 Å². The smallest absolute Gasteiger partial charge is 0.435 e. The summed E-state index contributed by atoms with van der Waals surface area (Å²) in [7, 11) is 0. The van der Waals surface area contributed by atoms with Crippen LogP contribution in [0, 0.1) is 0 Å². The summed E-state index contributed by atoms with van der Waals surface area (Å²) in [6.07, 6.45) is 3.99. The van der Waals surface area contributed by atoms with Gasteiger partial charge in [-0.3, -0.25) is 0 Å². The molecule has 1 aliphatic rings. The molecule has 1 fully saturated rings. The zero-order valence-electron chi connectivity index (χ0n) is 10.5. The van der Waals surface area contributed by atoms with E-state index in [4.69, 9.17) is 9.47 Å². The van der Waals surface area contributed by atoms with Crippen molar-refractivity contribution in [1.82, 2.24) is 9.78 Å². The van der Waals surface area contributed by atoms with Crippen molar-refractivity contribution >= 4 is 6.09 Å². The van der Waals surface area contributed by atoms with Crippen LogP contribution in [0.1, 0.15) is 38.7 Å². The lowest BCUT2D eigenvalue weighted by molar-refractivity contribution is 0.0514. The summed E-state index contributed by atoms with van der Waals surface area (Å²) in [5, 5.41) is 4.03. The zero-order chi connectivity index (χ0) is 12.5. The highest BCUT2D eigenvalue weighted by Crippen LogP contribution is 2.24. The molecule has 1 unspecified atom stereocenters. The zero-order valence-corrected chi connectivity index (χ0v) is 10.5. The van der Waals surface area contributed by atoms with E-state index < -0.39 is 11.7 Å². The average molecular weight is 238 g/mol. The van der Waals surface area contributed by atoms with Crippen molar-refractivity contribution in [2.75, 3.05) is 13.2 Å². The molecule has 2 heterocycles. The van der Waals surface area contributed by atoms with E-state index in [1.165, 1.54) is 4.68 Å². The molecule has 94 valence electrons. The van der Waals surface area contributed by atoms with Crippen LogP contribution in [-0.4, -0.2) is 34.7 Å². The monoisotopic (exact) mass is 238 g/mol. The molecule has 0 saturated carbocycles. The SMILES string of the molecule is CC(C)(C)OC(=O)n1cc(C2CCOC2)cn1.